The predicted octanol–water partition coefficient (Wildman–Crippen LogP) is 1.08. The van der Waals surface area contributed by atoms with Crippen molar-refractivity contribution in [2.45, 2.75) is 32.4 Å². The molecule has 2 rings (SSSR count). The molecule has 1 aliphatic rings. The molecule has 0 spiro atoms. The highest BCUT2D eigenvalue weighted by atomic mass is 16.3. The van der Waals surface area contributed by atoms with Crippen LogP contribution in [0.15, 0.2) is 22.8 Å². The van der Waals surface area contributed by atoms with E-state index in [4.69, 9.17) is 4.42 Å². The minimum atomic E-state index is -0.409. The van der Waals surface area contributed by atoms with Crippen LogP contribution in [-0.2, 0) is 9.59 Å². The van der Waals surface area contributed by atoms with E-state index < -0.39 is 6.04 Å². The van der Waals surface area contributed by atoms with Gasteiger partial charge in [0.1, 0.15) is 18.3 Å². The molecular formula is C12H16N2O3. The first-order chi connectivity index (χ1) is 8.13. The molecule has 0 bridgehead atoms. The smallest absolute Gasteiger partial charge is 0.246 e. The van der Waals surface area contributed by atoms with Crippen LogP contribution in [0.3, 0.4) is 0 Å². The Bertz CT molecular complexity index is 413. The summed E-state index contributed by atoms with van der Waals surface area (Å²) in [5.74, 6) is 0.536. The first kappa shape index (κ1) is 11.7. The van der Waals surface area contributed by atoms with Crippen molar-refractivity contribution in [1.82, 2.24) is 10.2 Å². The van der Waals surface area contributed by atoms with Crippen molar-refractivity contribution in [3.8, 4) is 0 Å². The summed E-state index contributed by atoms with van der Waals surface area (Å²) in [6.07, 6.45) is 2.17. The maximum Gasteiger partial charge on any atom is 0.246 e. The van der Waals surface area contributed by atoms with Crippen LogP contribution in [-0.4, -0.2) is 29.3 Å². The first-order valence-electron chi connectivity index (χ1n) is 5.76. The lowest BCUT2D eigenvalue weighted by atomic mass is 10.1. The third-order valence-corrected chi connectivity index (χ3v) is 3.06. The number of amides is 2. The molecule has 0 radical (unpaired) electrons. The van der Waals surface area contributed by atoms with Crippen LogP contribution >= 0.6 is 0 Å². The minimum Gasteiger partial charge on any atom is -0.467 e. The maximum atomic E-state index is 12.1. The number of furan rings is 1. The Morgan fingerprint density at radius 2 is 2.35 bits per heavy atom. The van der Waals surface area contributed by atoms with E-state index in [2.05, 4.69) is 5.32 Å². The van der Waals surface area contributed by atoms with Crippen LogP contribution in [0.25, 0.3) is 0 Å². The number of hydrogen-bond acceptors (Lipinski definition) is 3. The second-order valence-electron chi connectivity index (χ2n) is 4.19. The second-order valence-corrected chi connectivity index (χ2v) is 4.19. The van der Waals surface area contributed by atoms with E-state index in [0.29, 0.717) is 12.2 Å². The van der Waals surface area contributed by atoms with Gasteiger partial charge in [-0.15, -0.1) is 0 Å². The van der Waals surface area contributed by atoms with Crippen LogP contribution in [0, 0.1) is 0 Å². The maximum absolute atomic E-state index is 12.1. The van der Waals surface area contributed by atoms with E-state index >= 15 is 0 Å². The Labute approximate surface area is 99.8 Å². The van der Waals surface area contributed by atoms with Gasteiger partial charge in [0.2, 0.25) is 11.8 Å². The molecule has 5 nitrogen and oxygen atoms in total. The van der Waals surface area contributed by atoms with Crippen molar-refractivity contribution >= 4 is 11.8 Å². The zero-order chi connectivity index (χ0) is 12.4. The molecule has 17 heavy (non-hydrogen) atoms. The van der Waals surface area contributed by atoms with E-state index in [1.54, 1.807) is 17.2 Å². The number of piperazine rings is 1. The van der Waals surface area contributed by atoms with Gasteiger partial charge in [0, 0.05) is 0 Å². The number of nitrogens with one attached hydrogen (secondary N) is 1. The van der Waals surface area contributed by atoms with E-state index in [1.165, 1.54) is 0 Å². The zero-order valence-electron chi connectivity index (χ0n) is 9.97. The molecule has 1 fully saturated rings. The van der Waals surface area contributed by atoms with Crippen molar-refractivity contribution in [3.63, 3.8) is 0 Å². The Balaban J connectivity index is 2.19. The minimum absolute atomic E-state index is 0.0454. The van der Waals surface area contributed by atoms with Crippen molar-refractivity contribution in [1.29, 1.82) is 0 Å². The third kappa shape index (κ3) is 2.18. The standard InChI is InChI=1S/C12H16N2O3/c1-3-9-12(16)14(7-11(15)13-9)8(2)10-5-4-6-17-10/h4-6,8-9H,3,7H2,1-2H3,(H,13,15). The summed E-state index contributed by atoms with van der Waals surface area (Å²) in [5, 5.41) is 2.69. The van der Waals surface area contributed by atoms with Crippen LogP contribution in [0.2, 0.25) is 0 Å². The number of nitrogens with zero attached hydrogens (tertiary/aromatic N) is 1. The summed E-state index contributed by atoms with van der Waals surface area (Å²) in [6, 6.07) is 2.97. The van der Waals surface area contributed by atoms with Crippen LogP contribution in [0.4, 0.5) is 0 Å². The van der Waals surface area contributed by atoms with Gasteiger partial charge in [-0.05, 0) is 25.5 Å². The number of carbonyl (C=O) groups excluding carboxylic acids is 2. The fourth-order valence-corrected chi connectivity index (χ4v) is 2.02. The number of rotatable bonds is 3. The lowest BCUT2D eigenvalue weighted by Crippen LogP contribution is -2.58. The average molecular weight is 236 g/mol. The van der Waals surface area contributed by atoms with E-state index in [9.17, 15) is 9.59 Å². The van der Waals surface area contributed by atoms with Gasteiger partial charge < -0.3 is 14.6 Å². The van der Waals surface area contributed by atoms with Crippen LogP contribution < -0.4 is 5.32 Å². The Morgan fingerprint density at radius 3 is 2.94 bits per heavy atom. The number of hydrogen-bond donors (Lipinski definition) is 1. The van der Waals surface area contributed by atoms with Gasteiger partial charge >= 0.3 is 0 Å². The molecule has 92 valence electrons. The van der Waals surface area contributed by atoms with Gasteiger partial charge in [-0.2, -0.15) is 0 Å². The van der Waals surface area contributed by atoms with Gasteiger partial charge in [-0.1, -0.05) is 6.92 Å². The quantitative estimate of drug-likeness (QED) is 0.854. The SMILES string of the molecule is CCC1NC(=O)CN(C(C)c2ccco2)C1=O. The lowest BCUT2D eigenvalue weighted by Gasteiger charge is -2.35. The fraction of sp³-hybridized carbons (Fsp3) is 0.500. The van der Waals surface area contributed by atoms with Crippen molar-refractivity contribution < 1.29 is 14.0 Å². The number of carbonyl (C=O) groups is 2. The molecule has 5 heteroatoms. The molecule has 1 aromatic heterocycles. The molecule has 2 heterocycles. The Morgan fingerprint density at radius 1 is 1.59 bits per heavy atom. The van der Waals surface area contributed by atoms with Gasteiger partial charge in [0.15, 0.2) is 0 Å². The molecular weight excluding hydrogens is 220 g/mol. The first-order valence-corrected chi connectivity index (χ1v) is 5.76. The molecule has 0 aliphatic carbocycles. The van der Waals surface area contributed by atoms with Gasteiger partial charge in [-0.3, -0.25) is 9.59 Å². The zero-order valence-corrected chi connectivity index (χ0v) is 9.97. The molecule has 1 aliphatic heterocycles. The Hall–Kier alpha value is -1.78. The summed E-state index contributed by atoms with van der Waals surface area (Å²) in [5.41, 5.74) is 0. The summed E-state index contributed by atoms with van der Waals surface area (Å²) >= 11 is 0. The predicted molar refractivity (Wildman–Crippen MR) is 61.1 cm³/mol. The summed E-state index contributed by atoms with van der Waals surface area (Å²) in [4.78, 5) is 25.2. The van der Waals surface area contributed by atoms with Crippen molar-refractivity contribution in [2.75, 3.05) is 6.54 Å². The van der Waals surface area contributed by atoms with Crippen molar-refractivity contribution in [2.24, 2.45) is 0 Å². The summed E-state index contributed by atoms with van der Waals surface area (Å²) in [7, 11) is 0. The van der Waals surface area contributed by atoms with Crippen molar-refractivity contribution in [3.05, 3.63) is 24.2 Å². The van der Waals surface area contributed by atoms with Gasteiger partial charge in [0.05, 0.1) is 12.3 Å². The normalized spacial score (nSPS) is 22.5. The monoisotopic (exact) mass is 236 g/mol. The highest BCUT2D eigenvalue weighted by Crippen LogP contribution is 2.23. The molecule has 2 amide bonds. The highest BCUT2D eigenvalue weighted by Gasteiger charge is 2.35. The van der Waals surface area contributed by atoms with Crippen LogP contribution in [0.5, 0.6) is 0 Å². The van der Waals surface area contributed by atoms with E-state index in [1.807, 2.05) is 19.9 Å². The largest absolute Gasteiger partial charge is 0.467 e. The average Bonchev–Trinajstić information content (AvgIpc) is 2.84. The molecule has 2 unspecified atom stereocenters. The van der Waals surface area contributed by atoms with E-state index in [0.717, 1.165) is 0 Å². The Kier molecular flexibility index (Phi) is 3.17. The third-order valence-electron chi connectivity index (χ3n) is 3.06. The van der Waals surface area contributed by atoms with Gasteiger partial charge in [0.25, 0.3) is 0 Å². The molecule has 2 atom stereocenters. The summed E-state index contributed by atoms with van der Waals surface area (Å²) in [6.45, 7) is 3.84. The molecule has 0 aromatic carbocycles. The molecule has 1 saturated heterocycles. The molecule has 0 saturated carbocycles. The lowest BCUT2D eigenvalue weighted by molar-refractivity contribution is -0.146. The molecule has 1 aromatic rings. The van der Waals surface area contributed by atoms with Crippen LogP contribution in [0.1, 0.15) is 32.1 Å². The highest BCUT2D eigenvalue weighted by molar-refractivity contribution is 5.94. The fourth-order valence-electron chi connectivity index (χ4n) is 2.02. The summed E-state index contributed by atoms with van der Waals surface area (Å²) < 4.78 is 5.28. The van der Waals surface area contributed by atoms with Gasteiger partial charge in [-0.25, -0.2) is 0 Å². The van der Waals surface area contributed by atoms with E-state index in [-0.39, 0.29) is 24.4 Å². The second kappa shape index (κ2) is 4.61. The molecule has 1 N–H and O–H groups in total. The topological polar surface area (TPSA) is 62.6 Å².